The van der Waals surface area contributed by atoms with E-state index < -0.39 is 23.1 Å². The smallest absolute Gasteiger partial charge is 0.251 e. The van der Waals surface area contributed by atoms with Crippen LogP contribution in [0.2, 0.25) is 0 Å². The van der Waals surface area contributed by atoms with E-state index >= 15 is 0 Å². The molecule has 0 spiro atoms. The predicted octanol–water partition coefficient (Wildman–Crippen LogP) is 3.10. The molecular formula is C12H14ClF2NO. The zero-order valence-electron chi connectivity index (χ0n) is 9.85. The standard InChI is InChI=1S/C12H14ClF2NO/c1-7(13)12(2,3)16-11(17)8-4-5-9(14)10(15)6-8/h4-7H,1-3H3,(H,16,17). The van der Waals surface area contributed by atoms with Crippen LogP contribution < -0.4 is 5.32 Å². The second kappa shape index (κ2) is 5.00. The van der Waals surface area contributed by atoms with Crippen molar-refractivity contribution in [3.63, 3.8) is 0 Å². The first-order valence-corrected chi connectivity index (χ1v) is 5.59. The third kappa shape index (κ3) is 3.40. The molecule has 0 aliphatic rings. The second-order valence-electron chi connectivity index (χ2n) is 4.42. The molecule has 0 saturated carbocycles. The summed E-state index contributed by atoms with van der Waals surface area (Å²) >= 11 is 5.91. The van der Waals surface area contributed by atoms with Crippen molar-refractivity contribution in [1.29, 1.82) is 0 Å². The topological polar surface area (TPSA) is 29.1 Å². The van der Waals surface area contributed by atoms with E-state index in [0.717, 1.165) is 12.1 Å². The molecule has 1 N–H and O–H groups in total. The van der Waals surface area contributed by atoms with Gasteiger partial charge in [-0.15, -0.1) is 11.6 Å². The number of nitrogens with one attached hydrogen (secondary N) is 1. The number of carbonyl (C=O) groups excluding carboxylic acids is 1. The molecular weight excluding hydrogens is 248 g/mol. The third-order valence-electron chi connectivity index (χ3n) is 2.61. The number of rotatable bonds is 3. The van der Waals surface area contributed by atoms with E-state index in [0.29, 0.717) is 0 Å². The number of hydrogen-bond donors (Lipinski definition) is 1. The van der Waals surface area contributed by atoms with Crippen LogP contribution in [0.15, 0.2) is 18.2 Å². The predicted molar refractivity (Wildman–Crippen MR) is 63.2 cm³/mol. The lowest BCUT2D eigenvalue weighted by atomic mass is 10.0. The molecule has 1 atom stereocenters. The Morgan fingerprint density at radius 3 is 2.41 bits per heavy atom. The molecule has 0 heterocycles. The van der Waals surface area contributed by atoms with Crippen molar-refractivity contribution in [3.05, 3.63) is 35.4 Å². The summed E-state index contributed by atoms with van der Waals surface area (Å²) < 4.78 is 25.7. The Bertz CT molecular complexity index is 433. The first kappa shape index (κ1) is 13.9. The van der Waals surface area contributed by atoms with Gasteiger partial charge in [0.1, 0.15) is 0 Å². The lowest BCUT2D eigenvalue weighted by Gasteiger charge is -2.28. The number of halogens is 3. The Morgan fingerprint density at radius 2 is 1.94 bits per heavy atom. The fraction of sp³-hybridized carbons (Fsp3) is 0.417. The number of carbonyl (C=O) groups is 1. The highest BCUT2D eigenvalue weighted by atomic mass is 35.5. The van der Waals surface area contributed by atoms with Crippen molar-refractivity contribution in [3.8, 4) is 0 Å². The highest BCUT2D eigenvalue weighted by Gasteiger charge is 2.26. The van der Waals surface area contributed by atoms with Crippen molar-refractivity contribution >= 4 is 17.5 Å². The zero-order valence-corrected chi connectivity index (χ0v) is 10.6. The molecule has 0 aliphatic heterocycles. The van der Waals surface area contributed by atoms with Crippen LogP contribution in [-0.2, 0) is 0 Å². The van der Waals surface area contributed by atoms with Gasteiger partial charge in [-0.05, 0) is 39.0 Å². The SMILES string of the molecule is CC(Cl)C(C)(C)NC(=O)c1ccc(F)c(F)c1. The van der Waals surface area contributed by atoms with E-state index in [1.165, 1.54) is 6.07 Å². The molecule has 94 valence electrons. The van der Waals surface area contributed by atoms with Gasteiger partial charge in [0.25, 0.3) is 5.91 Å². The van der Waals surface area contributed by atoms with Crippen LogP contribution in [0.25, 0.3) is 0 Å². The minimum absolute atomic E-state index is 0.0642. The average Bonchev–Trinajstić information content (AvgIpc) is 2.21. The lowest BCUT2D eigenvalue weighted by Crippen LogP contribution is -2.49. The fourth-order valence-electron chi connectivity index (χ4n) is 1.10. The van der Waals surface area contributed by atoms with Gasteiger partial charge < -0.3 is 5.32 Å². The van der Waals surface area contributed by atoms with E-state index in [1.54, 1.807) is 20.8 Å². The molecule has 0 saturated heterocycles. The van der Waals surface area contributed by atoms with E-state index in [-0.39, 0.29) is 10.9 Å². The van der Waals surface area contributed by atoms with Crippen LogP contribution >= 0.6 is 11.6 Å². The molecule has 1 unspecified atom stereocenters. The Kier molecular flexibility index (Phi) is 4.09. The molecule has 0 radical (unpaired) electrons. The molecule has 0 fully saturated rings. The molecule has 2 nitrogen and oxygen atoms in total. The Morgan fingerprint density at radius 1 is 1.35 bits per heavy atom. The fourth-order valence-corrected chi connectivity index (χ4v) is 1.16. The van der Waals surface area contributed by atoms with Crippen LogP contribution in [0.1, 0.15) is 31.1 Å². The largest absolute Gasteiger partial charge is 0.346 e. The van der Waals surface area contributed by atoms with Crippen molar-refractivity contribution in [2.45, 2.75) is 31.7 Å². The monoisotopic (exact) mass is 261 g/mol. The van der Waals surface area contributed by atoms with Crippen molar-refractivity contribution in [2.24, 2.45) is 0 Å². The molecule has 1 rings (SSSR count). The maximum absolute atomic E-state index is 12.9. The molecule has 0 bridgehead atoms. The number of alkyl halides is 1. The van der Waals surface area contributed by atoms with Gasteiger partial charge in [-0.1, -0.05) is 0 Å². The molecule has 0 aliphatic carbocycles. The summed E-state index contributed by atoms with van der Waals surface area (Å²) in [6.07, 6.45) is 0. The summed E-state index contributed by atoms with van der Waals surface area (Å²) in [7, 11) is 0. The first-order valence-electron chi connectivity index (χ1n) is 5.15. The van der Waals surface area contributed by atoms with Crippen LogP contribution in [-0.4, -0.2) is 16.8 Å². The van der Waals surface area contributed by atoms with E-state index in [2.05, 4.69) is 5.32 Å². The number of hydrogen-bond acceptors (Lipinski definition) is 1. The normalized spacial score (nSPS) is 13.3. The minimum atomic E-state index is -1.05. The van der Waals surface area contributed by atoms with Crippen LogP contribution in [0.5, 0.6) is 0 Å². The van der Waals surface area contributed by atoms with Gasteiger partial charge in [0, 0.05) is 5.56 Å². The van der Waals surface area contributed by atoms with Crippen LogP contribution in [0.4, 0.5) is 8.78 Å². The van der Waals surface area contributed by atoms with E-state index in [4.69, 9.17) is 11.6 Å². The van der Waals surface area contributed by atoms with Gasteiger partial charge in [-0.2, -0.15) is 0 Å². The van der Waals surface area contributed by atoms with Crippen LogP contribution in [0.3, 0.4) is 0 Å². The Hall–Kier alpha value is -1.16. The summed E-state index contributed by atoms with van der Waals surface area (Å²) in [5, 5.41) is 2.36. The highest BCUT2D eigenvalue weighted by Crippen LogP contribution is 2.16. The summed E-state index contributed by atoms with van der Waals surface area (Å²) in [6.45, 7) is 5.25. The second-order valence-corrected chi connectivity index (χ2v) is 5.08. The molecule has 0 aromatic heterocycles. The summed E-state index contributed by atoms with van der Waals surface area (Å²) in [6, 6.07) is 3.00. The van der Waals surface area contributed by atoms with Crippen molar-refractivity contribution in [1.82, 2.24) is 5.32 Å². The quantitative estimate of drug-likeness (QED) is 0.833. The van der Waals surface area contributed by atoms with Gasteiger partial charge in [0.05, 0.1) is 10.9 Å². The third-order valence-corrected chi connectivity index (χ3v) is 3.16. The Labute approximate surface area is 104 Å². The van der Waals surface area contributed by atoms with Gasteiger partial charge in [0.2, 0.25) is 0 Å². The number of amides is 1. The zero-order chi connectivity index (χ0) is 13.2. The highest BCUT2D eigenvalue weighted by molar-refractivity contribution is 6.21. The molecule has 1 amide bonds. The van der Waals surface area contributed by atoms with Crippen LogP contribution in [0, 0.1) is 11.6 Å². The van der Waals surface area contributed by atoms with E-state index in [1.807, 2.05) is 0 Å². The average molecular weight is 262 g/mol. The van der Waals surface area contributed by atoms with Gasteiger partial charge >= 0.3 is 0 Å². The molecule has 5 heteroatoms. The molecule has 17 heavy (non-hydrogen) atoms. The van der Waals surface area contributed by atoms with E-state index in [9.17, 15) is 13.6 Å². The van der Waals surface area contributed by atoms with Crippen molar-refractivity contribution in [2.75, 3.05) is 0 Å². The minimum Gasteiger partial charge on any atom is -0.346 e. The molecule has 1 aromatic carbocycles. The van der Waals surface area contributed by atoms with Gasteiger partial charge in [-0.3, -0.25) is 4.79 Å². The van der Waals surface area contributed by atoms with Gasteiger partial charge in [0.15, 0.2) is 11.6 Å². The molecule has 1 aromatic rings. The number of benzene rings is 1. The first-order chi connectivity index (χ1) is 7.74. The van der Waals surface area contributed by atoms with Gasteiger partial charge in [-0.25, -0.2) is 8.78 Å². The lowest BCUT2D eigenvalue weighted by molar-refractivity contribution is 0.0912. The summed E-state index contributed by atoms with van der Waals surface area (Å²) in [5.74, 6) is -2.51. The summed E-state index contributed by atoms with van der Waals surface area (Å²) in [5.41, 5.74) is -0.571. The maximum Gasteiger partial charge on any atom is 0.251 e. The summed E-state index contributed by atoms with van der Waals surface area (Å²) in [4.78, 5) is 11.8. The maximum atomic E-state index is 12.9. The Balaban J connectivity index is 2.87. The van der Waals surface area contributed by atoms with Crippen molar-refractivity contribution < 1.29 is 13.6 Å².